The molecule has 1 N–H and O–H groups in total. The molecule has 1 aliphatic carbocycles. The van der Waals surface area contributed by atoms with E-state index in [0.29, 0.717) is 12.6 Å². The van der Waals surface area contributed by atoms with Crippen molar-refractivity contribution in [3.05, 3.63) is 17.8 Å². The molecule has 1 aromatic rings. The van der Waals surface area contributed by atoms with Crippen LogP contribution in [0.25, 0.3) is 0 Å². The van der Waals surface area contributed by atoms with Gasteiger partial charge in [-0.3, -0.25) is 4.79 Å². The Balaban J connectivity index is 2.09. The normalized spacial score (nSPS) is 19.8. The molecule has 2 aliphatic rings. The van der Waals surface area contributed by atoms with Crippen molar-refractivity contribution in [2.75, 3.05) is 16.8 Å². The molecule has 1 amide bonds. The molecule has 2 heterocycles. The topological polar surface area (TPSA) is 45.2 Å². The van der Waals surface area contributed by atoms with E-state index in [2.05, 4.69) is 15.2 Å². The molecule has 1 aliphatic heterocycles. The molecule has 15 heavy (non-hydrogen) atoms. The van der Waals surface area contributed by atoms with Crippen LogP contribution in [-0.2, 0) is 4.79 Å². The number of rotatable bonds is 1. The number of carbonyl (C=O) groups is 1. The Bertz CT molecular complexity index is 426. The molecule has 0 spiro atoms. The highest BCUT2D eigenvalue weighted by atomic mass is 16.2. The maximum Gasteiger partial charge on any atom is 0.244 e. The first-order chi connectivity index (χ1) is 7.25. The SMILES string of the molecule is Cc1ccnc2c1NC(=O)CN2C1CC1. The summed E-state index contributed by atoms with van der Waals surface area (Å²) in [5.74, 6) is 1.02. The average molecular weight is 203 g/mol. The zero-order valence-electron chi connectivity index (χ0n) is 8.66. The third-order valence-electron chi connectivity index (χ3n) is 2.98. The zero-order chi connectivity index (χ0) is 10.4. The van der Waals surface area contributed by atoms with Crippen LogP contribution in [0.1, 0.15) is 18.4 Å². The van der Waals surface area contributed by atoms with Crippen molar-refractivity contribution in [1.82, 2.24) is 4.98 Å². The van der Waals surface area contributed by atoms with E-state index in [9.17, 15) is 4.79 Å². The summed E-state index contributed by atoms with van der Waals surface area (Å²) in [6.45, 7) is 2.45. The fraction of sp³-hybridized carbons (Fsp3) is 0.455. The van der Waals surface area contributed by atoms with Crippen molar-refractivity contribution < 1.29 is 4.79 Å². The van der Waals surface area contributed by atoms with Crippen molar-refractivity contribution >= 4 is 17.4 Å². The third kappa shape index (κ3) is 1.37. The summed E-state index contributed by atoms with van der Waals surface area (Å²) in [6, 6.07) is 2.46. The Morgan fingerprint density at radius 1 is 1.53 bits per heavy atom. The summed E-state index contributed by atoms with van der Waals surface area (Å²) < 4.78 is 0. The molecule has 0 saturated heterocycles. The quantitative estimate of drug-likeness (QED) is 0.748. The molecular formula is C11H13N3O. The maximum atomic E-state index is 11.5. The van der Waals surface area contributed by atoms with Gasteiger partial charge >= 0.3 is 0 Å². The number of pyridine rings is 1. The first-order valence-electron chi connectivity index (χ1n) is 5.28. The number of carbonyl (C=O) groups excluding carboxylic acids is 1. The van der Waals surface area contributed by atoms with E-state index in [4.69, 9.17) is 0 Å². The van der Waals surface area contributed by atoms with Gasteiger partial charge in [-0.1, -0.05) is 0 Å². The van der Waals surface area contributed by atoms with Crippen LogP contribution in [0.3, 0.4) is 0 Å². The smallest absolute Gasteiger partial charge is 0.244 e. The number of aryl methyl sites for hydroxylation is 1. The standard InChI is InChI=1S/C11H13N3O/c1-7-4-5-12-11-10(7)13-9(15)6-14(11)8-2-3-8/h4-5,8H,2-3,6H2,1H3,(H,13,15). The molecule has 3 rings (SSSR count). The van der Waals surface area contributed by atoms with Crippen LogP contribution in [0.2, 0.25) is 0 Å². The highest BCUT2D eigenvalue weighted by molar-refractivity contribution is 6.01. The summed E-state index contributed by atoms with van der Waals surface area (Å²) in [5.41, 5.74) is 1.97. The van der Waals surface area contributed by atoms with Gasteiger partial charge in [0.2, 0.25) is 5.91 Å². The lowest BCUT2D eigenvalue weighted by Gasteiger charge is -2.30. The van der Waals surface area contributed by atoms with Gasteiger partial charge in [0.25, 0.3) is 0 Å². The van der Waals surface area contributed by atoms with Crippen LogP contribution < -0.4 is 10.2 Å². The lowest BCUT2D eigenvalue weighted by Crippen LogP contribution is -2.40. The number of anilines is 2. The molecular weight excluding hydrogens is 190 g/mol. The summed E-state index contributed by atoms with van der Waals surface area (Å²) >= 11 is 0. The summed E-state index contributed by atoms with van der Waals surface area (Å²) in [4.78, 5) is 18.0. The second kappa shape index (κ2) is 2.95. The fourth-order valence-corrected chi connectivity index (χ4v) is 2.01. The van der Waals surface area contributed by atoms with Gasteiger partial charge in [-0.05, 0) is 31.4 Å². The van der Waals surface area contributed by atoms with Crippen LogP contribution >= 0.6 is 0 Å². The Labute approximate surface area is 88.3 Å². The molecule has 1 aromatic heterocycles. The number of nitrogens with zero attached hydrogens (tertiary/aromatic N) is 2. The van der Waals surface area contributed by atoms with Gasteiger partial charge in [-0.15, -0.1) is 0 Å². The van der Waals surface area contributed by atoms with Crippen molar-refractivity contribution in [3.63, 3.8) is 0 Å². The summed E-state index contributed by atoms with van der Waals surface area (Å²) in [5, 5.41) is 2.90. The van der Waals surface area contributed by atoms with E-state index < -0.39 is 0 Å². The number of fused-ring (bicyclic) bond motifs is 1. The number of aromatic nitrogens is 1. The summed E-state index contributed by atoms with van der Waals surface area (Å²) in [6.07, 6.45) is 4.17. The van der Waals surface area contributed by atoms with Gasteiger partial charge in [0.15, 0.2) is 5.82 Å². The Hall–Kier alpha value is -1.58. The second-order valence-electron chi connectivity index (χ2n) is 4.23. The van der Waals surface area contributed by atoms with E-state index in [0.717, 1.165) is 17.1 Å². The minimum absolute atomic E-state index is 0.0745. The van der Waals surface area contributed by atoms with Crippen LogP contribution in [0, 0.1) is 6.92 Å². The summed E-state index contributed by atoms with van der Waals surface area (Å²) in [7, 11) is 0. The lowest BCUT2D eigenvalue weighted by atomic mass is 10.2. The van der Waals surface area contributed by atoms with E-state index in [1.54, 1.807) is 6.20 Å². The molecule has 0 radical (unpaired) electrons. The molecule has 78 valence electrons. The molecule has 0 unspecified atom stereocenters. The van der Waals surface area contributed by atoms with Crippen LogP contribution in [0.5, 0.6) is 0 Å². The maximum absolute atomic E-state index is 11.5. The van der Waals surface area contributed by atoms with E-state index >= 15 is 0 Å². The monoisotopic (exact) mass is 203 g/mol. The fourth-order valence-electron chi connectivity index (χ4n) is 2.01. The first-order valence-corrected chi connectivity index (χ1v) is 5.28. The number of hydrogen-bond acceptors (Lipinski definition) is 3. The van der Waals surface area contributed by atoms with Crippen LogP contribution in [0.15, 0.2) is 12.3 Å². The van der Waals surface area contributed by atoms with Gasteiger partial charge in [0.05, 0.1) is 12.2 Å². The minimum Gasteiger partial charge on any atom is -0.343 e. The van der Waals surface area contributed by atoms with Crippen molar-refractivity contribution in [3.8, 4) is 0 Å². The molecule has 1 fully saturated rings. The predicted octanol–water partition coefficient (Wildman–Crippen LogP) is 1.31. The van der Waals surface area contributed by atoms with E-state index in [-0.39, 0.29) is 5.91 Å². The van der Waals surface area contributed by atoms with Gasteiger partial charge in [-0.25, -0.2) is 4.98 Å². The predicted molar refractivity (Wildman–Crippen MR) is 58.0 cm³/mol. The minimum atomic E-state index is 0.0745. The third-order valence-corrected chi connectivity index (χ3v) is 2.98. The Kier molecular flexibility index (Phi) is 1.71. The highest BCUT2D eigenvalue weighted by Crippen LogP contribution is 2.37. The molecule has 1 saturated carbocycles. The van der Waals surface area contributed by atoms with Gasteiger partial charge in [-0.2, -0.15) is 0 Å². The van der Waals surface area contributed by atoms with Gasteiger partial charge < -0.3 is 10.2 Å². The van der Waals surface area contributed by atoms with E-state index in [1.807, 2.05) is 13.0 Å². The Morgan fingerprint density at radius 2 is 2.33 bits per heavy atom. The number of hydrogen-bond donors (Lipinski definition) is 1. The largest absolute Gasteiger partial charge is 0.343 e. The van der Waals surface area contributed by atoms with Gasteiger partial charge in [0.1, 0.15) is 0 Å². The highest BCUT2D eigenvalue weighted by Gasteiger charge is 2.35. The number of amides is 1. The molecule has 0 aromatic carbocycles. The number of nitrogens with one attached hydrogen (secondary N) is 1. The second-order valence-corrected chi connectivity index (χ2v) is 4.23. The van der Waals surface area contributed by atoms with Crippen LogP contribution in [0.4, 0.5) is 11.5 Å². The van der Waals surface area contributed by atoms with Crippen molar-refractivity contribution in [1.29, 1.82) is 0 Å². The first kappa shape index (κ1) is 8.71. The Morgan fingerprint density at radius 3 is 3.07 bits per heavy atom. The zero-order valence-corrected chi connectivity index (χ0v) is 8.66. The average Bonchev–Trinajstić information content (AvgIpc) is 3.02. The molecule has 0 atom stereocenters. The molecule has 4 nitrogen and oxygen atoms in total. The van der Waals surface area contributed by atoms with E-state index in [1.165, 1.54) is 12.8 Å². The lowest BCUT2D eigenvalue weighted by molar-refractivity contribution is -0.115. The van der Waals surface area contributed by atoms with Crippen molar-refractivity contribution in [2.45, 2.75) is 25.8 Å². The molecule has 4 heteroatoms. The molecule has 0 bridgehead atoms. The van der Waals surface area contributed by atoms with Crippen molar-refractivity contribution in [2.24, 2.45) is 0 Å². The van der Waals surface area contributed by atoms with Crippen LogP contribution in [-0.4, -0.2) is 23.5 Å². The van der Waals surface area contributed by atoms with Gasteiger partial charge in [0, 0.05) is 12.2 Å².